The molecule has 126 valence electrons. The minimum absolute atomic E-state index is 0.0379. The lowest BCUT2D eigenvalue weighted by Crippen LogP contribution is -2.27. The first-order valence-corrected chi connectivity index (χ1v) is 7.50. The van der Waals surface area contributed by atoms with Gasteiger partial charge in [0, 0.05) is 6.54 Å². The van der Waals surface area contributed by atoms with Gasteiger partial charge in [-0.1, -0.05) is 23.7 Å². The second kappa shape index (κ2) is 8.42. The van der Waals surface area contributed by atoms with Crippen LogP contribution in [-0.4, -0.2) is 25.5 Å². The minimum atomic E-state index is -0.517. The van der Waals surface area contributed by atoms with Gasteiger partial charge in [-0.15, -0.1) is 0 Å². The summed E-state index contributed by atoms with van der Waals surface area (Å²) in [5, 5.41) is 5.88. The van der Waals surface area contributed by atoms with Gasteiger partial charge in [-0.2, -0.15) is 0 Å². The van der Waals surface area contributed by atoms with Crippen LogP contribution in [0.5, 0.6) is 0 Å². The van der Waals surface area contributed by atoms with E-state index in [1.807, 2.05) is 0 Å². The van der Waals surface area contributed by atoms with Crippen LogP contribution in [0.2, 0.25) is 5.02 Å². The summed E-state index contributed by atoms with van der Waals surface area (Å²) >= 11 is 6.01. The molecule has 0 aromatic heterocycles. The van der Waals surface area contributed by atoms with Crippen molar-refractivity contribution in [2.75, 3.05) is 19.0 Å². The highest BCUT2D eigenvalue weighted by Crippen LogP contribution is 2.23. The Kier molecular flexibility index (Phi) is 6.28. The number of esters is 1. The number of anilines is 1. The van der Waals surface area contributed by atoms with Gasteiger partial charge < -0.3 is 15.4 Å². The van der Waals surface area contributed by atoms with Crippen LogP contribution in [-0.2, 0) is 16.1 Å². The SMILES string of the molecule is COC(=O)c1ccc(Cl)c(NC(=O)CNCc2ccc(F)cc2)c1. The second-order valence-corrected chi connectivity index (χ2v) is 5.37. The molecule has 0 saturated heterocycles. The quantitative estimate of drug-likeness (QED) is 0.786. The fourth-order valence-corrected chi connectivity index (χ4v) is 2.15. The summed E-state index contributed by atoms with van der Waals surface area (Å²) in [7, 11) is 1.27. The largest absolute Gasteiger partial charge is 0.465 e. The molecule has 2 N–H and O–H groups in total. The zero-order valence-corrected chi connectivity index (χ0v) is 13.7. The maximum absolute atomic E-state index is 12.8. The Bertz CT molecular complexity index is 735. The number of hydrogen-bond acceptors (Lipinski definition) is 4. The van der Waals surface area contributed by atoms with Crippen LogP contribution in [0.15, 0.2) is 42.5 Å². The van der Waals surface area contributed by atoms with Crippen molar-refractivity contribution in [3.63, 3.8) is 0 Å². The van der Waals surface area contributed by atoms with Crippen LogP contribution >= 0.6 is 11.6 Å². The lowest BCUT2D eigenvalue weighted by Gasteiger charge is -2.10. The zero-order valence-electron chi connectivity index (χ0n) is 12.9. The first-order chi connectivity index (χ1) is 11.5. The van der Waals surface area contributed by atoms with Crippen molar-refractivity contribution in [2.45, 2.75) is 6.54 Å². The predicted octanol–water partition coefficient (Wildman–Crippen LogP) is 2.99. The fraction of sp³-hybridized carbons (Fsp3) is 0.176. The maximum Gasteiger partial charge on any atom is 0.337 e. The van der Waals surface area contributed by atoms with Gasteiger partial charge in [0.15, 0.2) is 0 Å². The van der Waals surface area contributed by atoms with Gasteiger partial charge in [0.05, 0.1) is 29.9 Å². The van der Waals surface area contributed by atoms with Crippen molar-refractivity contribution < 1.29 is 18.7 Å². The van der Waals surface area contributed by atoms with Crippen LogP contribution < -0.4 is 10.6 Å². The molecule has 0 saturated carbocycles. The predicted molar refractivity (Wildman–Crippen MR) is 89.5 cm³/mol. The summed E-state index contributed by atoms with van der Waals surface area (Å²) in [5.74, 6) is -1.14. The van der Waals surface area contributed by atoms with Crippen LogP contribution in [0.25, 0.3) is 0 Å². The molecule has 7 heteroatoms. The molecule has 1 amide bonds. The summed E-state index contributed by atoms with van der Waals surface area (Å²) in [6.45, 7) is 0.458. The molecular formula is C17H16ClFN2O3. The molecule has 2 aromatic rings. The molecule has 0 bridgehead atoms. The van der Waals surface area contributed by atoms with Crippen LogP contribution in [0, 0.1) is 5.82 Å². The first kappa shape index (κ1) is 17.9. The number of nitrogens with one attached hydrogen (secondary N) is 2. The summed E-state index contributed by atoms with van der Waals surface area (Å²) in [5.41, 5.74) is 1.47. The van der Waals surface area contributed by atoms with E-state index in [0.29, 0.717) is 17.3 Å². The summed E-state index contributed by atoms with van der Waals surface area (Å²) in [6, 6.07) is 10.5. The van der Waals surface area contributed by atoms with Gasteiger partial charge in [-0.25, -0.2) is 9.18 Å². The third-order valence-corrected chi connectivity index (χ3v) is 3.52. The van der Waals surface area contributed by atoms with Crippen molar-refractivity contribution in [3.8, 4) is 0 Å². The Labute approximate surface area is 143 Å². The Balaban J connectivity index is 1.90. The lowest BCUT2D eigenvalue weighted by atomic mass is 10.2. The van der Waals surface area contributed by atoms with E-state index in [1.165, 1.54) is 37.4 Å². The van der Waals surface area contributed by atoms with E-state index < -0.39 is 5.97 Å². The fourth-order valence-electron chi connectivity index (χ4n) is 1.98. The van der Waals surface area contributed by atoms with E-state index in [1.54, 1.807) is 12.1 Å². The highest BCUT2D eigenvalue weighted by molar-refractivity contribution is 6.33. The molecule has 2 rings (SSSR count). The maximum atomic E-state index is 12.8. The van der Waals surface area contributed by atoms with Gasteiger partial charge >= 0.3 is 5.97 Å². The highest BCUT2D eigenvalue weighted by atomic mass is 35.5. The first-order valence-electron chi connectivity index (χ1n) is 7.12. The smallest absolute Gasteiger partial charge is 0.337 e. The van der Waals surface area contributed by atoms with Gasteiger partial charge in [-0.3, -0.25) is 4.79 Å². The van der Waals surface area contributed by atoms with Crippen LogP contribution in [0.4, 0.5) is 10.1 Å². The third-order valence-electron chi connectivity index (χ3n) is 3.19. The van der Waals surface area contributed by atoms with Crippen LogP contribution in [0.1, 0.15) is 15.9 Å². The molecule has 0 unspecified atom stereocenters. The Hall–Kier alpha value is -2.44. The number of carbonyl (C=O) groups is 2. The standard InChI is InChI=1S/C17H16ClFN2O3/c1-24-17(23)12-4-7-14(18)15(8-12)21-16(22)10-20-9-11-2-5-13(19)6-3-11/h2-8,20H,9-10H2,1H3,(H,21,22). The number of amides is 1. The number of hydrogen-bond donors (Lipinski definition) is 2. The van der Waals surface area contributed by atoms with Gasteiger partial charge in [-0.05, 0) is 35.9 Å². The van der Waals surface area contributed by atoms with Crippen molar-refractivity contribution in [2.24, 2.45) is 0 Å². The van der Waals surface area contributed by atoms with Gasteiger partial charge in [0.25, 0.3) is 0 Å². The molecular weight excluding hydrogens is 335 g/mol. The second-order valence-electron chi connectivity index (χ2n) is 4.96. The highest BCUT2D eigenvalue weighted by Gasteiger charge is 2.11. The molecule has 24 heavy (non-hydrogen) atoms. The summed E-state index contributed by atoms with van der Waals surface area (Å²) in [6.07, 6.45) is 0. The number of rotatable bonds is 6. The van der Waals surface area contributed by atoms with E-state index in [4.69, 9.17) is 11.6 Å². The Morgan fingerprint density at radius 3 is 2.54 bits per heavy atom. The van der Waals surface area contributed by atoms with E-state index in [2.05, 4.69) is 15.4 Å². The molecule has 0 aliphatic rings. The van der Waals surface area contributed by atoms with E-state index >= 15 is 0 Å². The van der Waals surface area contributed by atoms with Gasteiger partial charge in [0.2, 0.25) is 5.91 Å². The number of methoxy groups -OCH3 is 1. The topological polar surface area (TPSA) is 67.4 Å². The molecule has 0 atom stereocenters. The van der Waals surface area contributed by atoms with Crippen molar-refractivity contribution in [1.82, 2.24) is 5.32 Å². The average Bonchev–Trinajstić information content (AvgIpc) is 2.58. The number of ether oxygens (including phenoxy) is 1. The number of benzene rings is 2. The van der Waals surface area contributed by atoms with E-state index in [9.17, 15) is 14.0 Å². The van der Waals surface area contributed by atoms with Crippen molar-refractivity contribution >= 4 is 29.2 Å². The van der Waals surface area contributed by atoms with Crippen molar-refractivity contribution in [1.29, 1.82) is 0 Å². The van der Waals surface area contributed by atoms with E-state index in [0.717, 1.165) is 5.56 Å². The lowest BCUT2D eigenvalue weighted by molar-refractivity contribution is -0.115. The summed E-state index contributed by atoms with van der Waals surface area (Å²) in [4.78, 5) is 23.4. The Morgan fingerprint density at radius 2 is 1.88 bits per heavy atom. The monoisotopic (exact) mass is 350 g/mol. The van der Waals surface area contributed by atoms with Crippen molar-refractivity contribution in [3.05, 3.63) is 64.4 Å². The molecule has 0 radical (unpaired) electrons. The summed E-state index contributed by atoms with van der Waals surface area (Å²) < 4.78 is 17.4. The van der Waals surface area contributed by atoms with Gasteiger partial charge in [0.1, 0.15) is 5.82 Å². The average molecular weight is 351 g/mol. The van der Waals surface area contributed by atoms with Crippen LogP contribution in [0.3, 0.4) is 0 Å². The molecule has 0 aliphatic heterocycles. The third kappa shape index (κ3) is 5.04. The molecule has 2 aromatic carbocycles. The van der Waals surface area contributed by atoms with E-state index in [-0.39, 0.29) is 23.8 Å². The zero-order chi connectivity index (χ0) is 17.5. The molecule has 0 spiro atoms. The molecule has 0 aliphatic carbocycles. The molecule has 0 fully saturated rings. The number of carbonyl (C=O) groups excluding carboxylic acids is 2. The minimum Gasteiger partial charge on any atom is -0.465 e. The molecule has 5 nitrogen and oxygen atoms in total. The Morgan fingerprint density at radius 1 is 1.17 bits per heavy atom. The number of halogens is 2. The molecule has 0 heterocycles. The normalized spacial score (nSPS) is 10.3.